The molecule has 1 aliphatic heterocycles. The molecule has 5 nitrogen and oxygen atoms in total. The number of hydrogen-bond acceptors (Lipinski definition) is 3. The highest BCUT2D eigenvalue weighted by Gasteiger charge is 2.31. The van der Waals surface area contributed by atoms with Gasteiger partial charge in [0.25, 0.3) is 10.2 Å². The summed E-state index contributed by atoms with van der Waals surface area (Å²) in [6, 6.07) is 0.285. The molecule has 0 aromatic heterocycles. The number of piperidine rings is 1. The molecule has 1 N–H and O–H groups in total. The van der Waals surface area contributed by atoms with Crippen molar-refractivity contribution in [1.82, 2.24) is 13.9 Å². The van der Waals surface area contributed by atoms with Crippen LogP contribution in [0.25, 0.3) is 0 Å². The molecule has 0 saturated carbocycles. The molecule has 1 aliphatic rings. The molecule has 1 heterocycles. The lowest BCUT2D eigenvalue weighted by molar-refractivity contribution is 0.265. The third kappa shape index (κ3) is 4.98. The van der Waals surface area contributed by atoms with E-state index in [0.29, 0.717) is 19.1 Å². The number of rotatable bonds is 8. The first kappa shape index (κ1) is 17.9. The van der Waals surface area contributed by atoms with Crippen LogP contribution in [0.5, 0.6) is 0 Å². The molecule has 0 aromatic rings. The van der Waals surface area contributed by atoms with Crippen molar-refractivity contribution in [3.05, 3.63) is 0 Å². The summed E-state index contributed by atoms with van der Waals surface area (Å²) in [5, 5.41) is 3.43. The monoisotopic (exact) mass is 305 g/mol. The maximum atomic E-state index is 12.7. The summed E-state index contributed by atoms with van der Waals surface area (Å²) in [4.78, 5) is 0. The van der Waals surface area contributed by atoms with Crippen molar-refractivity contribution in [2.24, 2.45) is 0 Å². The van der Waals surface area contributed by atoms with Crippen LogP contribution in [0, 0.1) is 0 Å². The minimum absolute atomic E-state index is 0.00666. The van der Waals surface area contributed by atoms with Gasteiger partial charge in [-0.2, -0.15) is 17.0 Å². The summed E-state index contributed by atoms with van der Waals surface area (Å²) in [5.41, 5.74) is 0. The molecule has 1 saturated heterocycles. The first-order valence-electron chi connectivity index (χ1n) is 7.86. The molecule has 1 fully saturated rings. The van der Waals surface area contributed by atoms with Crippen LogP contribution >= 0.6 is 0 Å². The second-order valence-corrected chi connectivity index (χ2v) is 7.98. The summed E-state index contributed by atoms with van der Waals surface area (Å²) in [5.74, 6) is 0. The molecule has 1 rings (SSSR count). The van der Waals surface area contributed by atoms with Gasteiger partial charge in [0.1, 0.15) is 0 Å². The maximum absolute atomic E-state index is 12.7. The van der Waals surface area contributed by atoms with Gasteiger partial charge >= 0.3 is 0 Å². The first-order valence-corrected chi connectivity index (χ1v) is 9.25. The smallest absolute Gasteiger partial charge is 0.282 e. The minimum Gasteiger partial charge on any atom is -0.313 e. The van der Waals surface area contributed by atoms with Gasteiger partial charge in [-0.1, -0.05) is 19.8 Å². The third-order valence-corrected chi connectivity index (χ3v) is 6.04. The lowest BCUT2D eigenvalue weighted by Crippen LogP contribution is -2.52. The van der Waals surface area contributed by atoms with E-state index in [9.17, 15) is 8.42 Å². The fraction of sp³-hybridized carbons (Fsp3) is 1.00. The maximum Gasteiger partial charge on any atom is 0.282 e. The van der Waals surface area contributed by atoms with E-state index in [1.807, 2.05) is 13.8 Å². The van der Waals surface area contributed by atoms with Gasteiger partial charge in [-0.25, -0.2) is 0 Å². The molecular formula is C14H31N3O2S. The summed E-state index contributed by atoms with van der Waals surface area (Å²) in [6.45, 7) is 8.16. The average molecular weight is 305 g/mol. The van der Waals surface area contributed by atoms with Crippen molar-refractivity contribution in [2.45, 2.75) is 65.0 Å². The van der Waals surface area contributed by atoms with E-state index in [-0.39, 0.29) is 6.04 Å². The number of nitrogens with zero attached hydrogens (tertiary/aromatic N) is 2. The number of nitrogens with one attached hydrogen (secondary N) is 1. The molecule has 0 bridgehead atoms. The van der Waals surface area contributed by atoms with Crippen molar-refractivity contribution >= 4 is 10.2 Å². The molecule has 0 radical (unpaired) electrons. The van der Waals surface area contributed by atoms with Gasteiger partial charge in [0.05, 0.1) is 0 Å². The first-order chi connectivity index (χ1) is 9.39. The van der Waals surface area contributed by atoms with Gasteiger partial charge in [0, 0.05) is 32.2 Å². The minimum atomic E-state index is -3.35. The molecule has 20 heavy (non-hydrogen) atoms. The molecule has 1 unspecified atom stereocenters. The van der Waals surface area contributed by atoms with Crippen LogP contribution in [0.3, 0.4) is 0 Å². The SMILES string of the molecule is CCCCN(C)S(=O)(=O)N(CC1CCCCN1)C(C)C. The topological polar surface area (TPSA) is 52.7 Å². The Morgan fingerprint density at radius 1 is 1.30 bits per heavy atom. The molecular weight excluding hydrogens is 274 g/mol. The molecule has 1 atom stereocenters. The van der Waals surface area contributed by atoms with Gasteiger partial charge < -0.3 is 5.32 Å². The lowest BCUT2D eigenvalue weighted by Gasteiger charge is -2.34. The van der Waals surface area contributed by atoms with E-state index >= 15 is 0 Å². The van der Waals surface area contributed by atoms with Crippen LogP contribution in [0.4, 0.5) is 0 Å². The summed E-state index contributed by atoms with van der Waals surface area (Å²) in [6.07, 6.45) is 5.36. The van der Waals surface area contributed by atoms with Gasteiger partial charge in [-0.15, -0.1) is 0 Å². The third-order valence-electron chi connectivity index (χ3n) is 3.91. The van der Waals surface area contributed by atoms with Crippen LogP contribution in [0.2, 0.25) is 0 Å². The van der Waals surface area contributed by atoms with Crippen molar-refractivity contribution in [3.8, 4) is 0 Å². The second-order valence-electron chi connectivity index (χ2n) is 5.99. The van der Waals surface area contributed by atoms with Crippen molar-refractivity contribution in [3.63, 3.8) is 0 Å². The highest BCUT2D eigenvalue weighted by Crippen LogP contribution is 2.16. The van der Waals surface area contributed by atoms with Gasteiger partial charge in [-0.05, 0) is 39.7 Å². The Labute approximate surface area is 124 Å². The Morgan fingerprint density at radius 2 is 2.00 bits per heavy atom. The molecule has 0 amide bonds. The van der Waals surface area contributed by atoms with Crippen LogP contribution in [0.1, 0.15) is 52.9 Å². The molecule has 0 aromatic carbocycles. The molecule has 120 valence electrons. The van der Waals surface area contributed by atoms with E-state index in [1.54, 1.807) is 11.4 Å². The van der Waals surface area contributed by atoms with Crippen LogP contribution in [-0.4, -0.2) is 55.8 Å². The van der Waals surface area contributed by atoms with Gasteiger partial charge in [-0.3, -0.25) is 0 Å². The Morgan fingerprint density at radius 3 is 2.50 bits per heavy atom. The van der Waals surface area contributed by atoms with E-state index in [2.05, 4.69) is 12.2 Å². The number of hydrogen-bond donors (Lipinski definition) is 1. The van der Waals surface area contributed by atoms with Gasteiger partial charge in [0.2, 0.25) is 0 Å². The Hall–Kier alpha value is -0.170. The summed E-state index contributed by atoms with van der Waals surface area (Å²) >= 11 is 0. The second kappa shape index (κ2) is 8.32. The van der Waals surface area contributed by atoms with E-state index in [1.165, 1.54) is 17.1 Å². The highest BCUT2D eigenvalue weighted by atomic mass is 32.2. The largest absolute Gasteiger partial charge is 0.313 e. The Bertz CT molecular complexity index is 365. The standard InChI is InChI=1S/C14H31N3O2S/c1-5-6-11-16(4)20(18,19)17(13(2)3)12-14-9-7-8-10-15-14/h13-15H,5-12H2,1-4H3. The summed E-state index contributed by atoms with van der Waals surface area (Å²) < 4.78 is 28.5. The van der Waals surface area contributed by atoms with E-state index in [4.69, 9.17) is 0 Å². The fourth-order valence-electron chi connectivity index (χ4n) is 2.54. The Balaban J connectivity index is 2.72. The zero-order chi connectivity index (χ0) is 15.2. The van der Waals surface area contributed by atoms with Gasteiger partial charge in [0.15, 0.2) is 0 Å². The fourth-order valence-corrected chi connectivity index (χ4v) is 4.16. The van der Waals surface area contributed by atoms with E-state index in [0.717, 1.165) is 25.8 Å². The predicted octanol–water partition coefficient (Wildman–Crippen LogP) is 1.82. The predicted molar refractivity (Wildman–Crippen MR) is 83.9 cm³/mol. The molecule has 6 heteroatoms. The summed E-state index contributed by atoms with van der Waals surface area (Å²) in [7, 11) is -1.66. The van der Waals surface area contributed by atoms with Crippen molar-refractivity contribution in [2.75, 3.05) is 26.7 Å². The van der Waals surface area contributed by atoms with Crippen molar-refractivity contribution < 1.29 is 8.42 Å². The number of unbranched alkanes of at least 4 members (excludes halogenated alkanes) is 1. The average Bonchev–Trinajstić information content (AvgIpc) is 2.42. The lowest BCUT2D eigenvalue weighted by atomic mass is 10.1. The highest BCUT2D eigenvalue weighted by molar-refractivity contribution is 7.86. The van der Waals surface area contributed by atoms with E-state index < -0.39 is 10.2 Å². The van der Waals surface area contributed by atoms with Crippen LogP contribution < -0.4 is 5.32 Å². The van der Waals surface area contributed by atoms with Crippen LogP contribution in [-0.2, 0) is 10.2 Å². The quantitative estimate of drug-likeness (QED) is 0.744. The van der Waals surface area contributed by atoms with Crippen LogP contribution in [0.15, 0.2) is 0 Å². The van der Waals surface area contributed by atoms with Crippen molar-refractivity contribution in [1.29, 1.82) is 0 Å². The zero-order valence-corrected chi connectivity index (χ0v) is 14.2. The Kier molecular flexibility index (Phi) is 7.43. The normalized spacial score (nSPS) is 21.1. The molecule has 0 spiro atoms. The zero-order valence-electron chi connectivity index (χ0n) is 13.4. The molecule has 0 aliphatic carbocycles.